The highest BCUT2D eigenvalue weighted by Gasteiger charge is 2.15. The number of pyridine rings is 1. The number of urea groups is 1. The predicted octanol–water partition coefficient (Wildman–Crippen LogP) is 2.66. The van der Waals surface area contributed by atoms with Gasteiger partial charge in [0.1, 0.15) is 5.69 Å². The lowest BCUT2D eigenvalue weighted by Crippen LogP contribution is -2.36. The van der Waals surface area contributed by atoms with Crippen LogP contribution in [0.3, 0.4) is 0 Å². The van der Waals surface area contributed by atoms with Crippen molar-refractivity contribution in [3.8, 4) is 11.4 Å². The van der Waals surface area contributed by atoms with Crippen molar-refractivity contribution in [2.45, 2.75) is 33.4 Å². The number of nitrogens with one attached hydrogen (secondary N) is 1. The Morgan fingerprint density at radius 2 is 2.07 bits per heavy atom. The fourth-order valence-corrected chi connectivity index (χ4v) is 2.41. The first-order valence-corrected chi connectivity index (χ1v) is 8.68. The number of nitrogens with zero attached hydrogens (tertiary/aromatic N) is 5. The number of hydrogen-bond acceptors (Lipinski definition) is 7. The van der Waals surface area contributed by atoms with Crippen molar-refractivity contribution in [2.24, 2.45) is 5.92 Å². The van der Waals surface area contributed by atoms with Gasteiger partial charge in [-0.05, 0) is 18.1 Å². The molecule has 0 saturated heterocycles. The summed E-state index contributed by atoms with van der Waals surface area (Å²) in [5.74, 6) is 2.01. The molecule has 3 aromatic rings. The van der Waals surface area contributed by atoms with Gasteiger partial charge in [0.2, 0.25) is 5.89 Å². The summed E-state index contributed by atoms with van der Waals surface area (Å²) in [6.45, 7) is 4.61. The lowest BCUT2D eigenvalue weighted by Gasteiger charge is -2.15. The highest BCUT2D eigenvalue weighted by atomic mass is 16.5. The zero-order chi connectivity index (χ0) is 19.2. The Morgan fingerprint density at radius 3 is 2.81 bits per heavy atom. The van der Waals surface area contributed by atoms with Crippen molar-refractivity contribution in [1.29, 1.82) is 0 Å². The van der Waals surface area contributed by atoms with E-state index in [1.54, 1.807) is 19.3 Å². The summed E-state index contributed by atoms with van der Waals surface area (Å²) < 4.78 is 10.4. The Balaban J connectivity index is 1.51. The fourth-order valence-electron chi connectivity index (χ4n) is 2.41. The van der Waals surface area contributed by atoms with Gasteiger partial charge in [0.25, 0.3) is 0 Å². The van der Waals surface area contributed by atoms with Crippen LogP contribution >= 0.6 is 0 Å². The van der Waals surface area contributed by atoms with Crippen LogP contribution in [0.2, 0.25) is 0 Å². The maximum Gasteiger partial charge on any atom is 0.317 e. The molecule has 3 rings (SSSR count). The van der Waals surface area contributed by atoms with Crippen molar-refractivity contribution >= 4 is 6.03 Å². The third-order valence-corrected chi connectivity index (χ3v) is 3.72. The van der Waals surface area contributed by atoms with Crippen LogP contribution in [0, 0.1) is 5.92 Å². The summed E-state index contributed by atoms with van der Waals surface area (Å²) >= 11 is 0. The van der Waals surface area contributed by atoms with Crippen LogP contribution in [0.25, 0.3) is 11.4 Å². The van der Waals surface area contributed by atoms with E-state index in [2.05, 4.69) is 39.4 Å². The molecule has 9 heteroatoms. The van der Waals surface area contributed by atoms with Gasteiger partial charge < -0.3 is 19.3 Å². The molecule has 0 aliphatic rings. The van der Waals surface area contributed by atoms with Gasteiger partial charge in [-0.1, -0.05) is 30.2 Å². The third kappa shape index (κ3) is 5.13. The summed E-state index contributed by atoms with van der Waals surface area (Å²) in [6, 6.07) is 7.04. The zero-order valence-corrected chi connectivity index (χ0v) is 15.5. The van der Waals surface area contributed by atoms with Crippen molar-refractivity contribution in [3.05, 3.63) is 47.9 Å². The molecule has 0 unspecified atom stereocenters. The molecule has 0 aromatic carbocycles. The summed E-state index contributed by atoms with van der Waals surface area (Å²) in [5, 5.41) is 10.6. The van der Waals surface area contributed by atoms with Crippen LogP contribution in [0.4, 0.5) is 4.79 Å². The molecule has 0 aliphatic carbocycles. The second-order valence-corrected chi connectivity index (χ2v) is 6.61. The first-order valence-electron chi connectivity index (χ1n) is 8.68. The number of carbonyl (C=O) groups excluding carboxylic acids is 1. The molecule has 1 N–H and O–H groups in total. The minimum absolute atomic E-state index is 0.195. The molecule has 0 spiro atoms. The zero-order valence-electron chi connectivity index (χ0n) is 15.5. The summed E-state index contributed by atoms with van der Waals surface area (Å²) in [7, 11) is 1.67. The topological polar surface area (TPSA) is 110 Å². The Morgan fingerprint density at radius 1 is 1.22 bits per heavy atom. The monoisotopic (exact) mass is 370 g/mol. The van der Waals surface area contributed by atoms with E-state index in [1.807, 2.05) is 18.2 Å². The molecule has 0 bridgehead atoms. The molecule has 0 saturated carbocycles. The van der Waals surface area contributed by atoms with Crippen LogP contribution < -0.4 is 5.32 Å². The second kappa shape index (κ2) is 8.43. The molecule has 0 atom stereocenters. The van der Waals surface area contributed by atoms with E-state index in [0.29, 0.717) is 41.2 Å². The average molecular weight is 370 g/mol. The maximum atomic E-state index is 12.2. The molecule has 0 aliphatic heterocycles. The summed E-state index contributed by atoms with van der Waals surface area (Å²) in [6.07, 6.45) is 2.40. The number of aromatic nitrogens is 4. The highest BCUT2D eigenvalue weighted by molar-refractivity contribution is 5.73. The number of hydrogen-bond donors (Lipinski definition) is 1. The van der Waals surface area contributed by atoms with E-state index >= 15 is 0 Å². The van der Waals surface area contributed by atoms with E-state index < -0.39 is 0 Å². The van der Waals surface area contributed by atoms with E-state index in [4.69, 9.17) is 9.05 Å². The standard InChI is InChI=1S/C18H22N6O3/c1-12(2)8-17-21-16(23-27-17)10-20-18(25)24(3)11-13-9-15(22-26-13)14-6-4-5-7-19-14/h4-7,9,12H,8,10-11H2,1-3H3,(H,20,25). The first kappa shape index (κ1) is 18.6. The number of rotatable bonds is 7. The molecule has 0 fully saturated rings. The third-order valence-electron chi connectivity index (χ3n) is 3.72. The molecule has 0 radical (unpaired) electrons. The van der Waals surface area contributed by atoms with E-state index in [-0.39, 0.29) is 19.1 Å². The fraction of sp³-hybridized carbons (Fsp3) is 0.389. The summed E-state index contributed by atoms with van der Waals surface area (Å²) in [5.41, 5.74) is 1.35. The number of carbonyl (C=O) groups is 1. The Hall–Kier alpha value is -3.23. The van der Waals surface area contributed by atoms with Crippen molar-refractivity contribution in [2.75, 3.05) is 7.05 Å². The van der Waals surface area contributed by atoms with Crippen LogP contribution in [0.1, 0.15) is 31.3 Å². The van der Waals surface area contributed by atoms with Gasteiger partial charge in [-0.25, -0.2) is 4.79 Å². The molecule has 9 nitrogen and oxygen atoms in total. The van der Waals surface area contributed by atoms with Crippen molar-refractivity contribution < 1.29 is 13.8 Å². The lowest BCUT2D eigenvalue weighted by atomic mass is 10.1. The Kier molecular flexibility index (Phi) is 5.80. The largest absolute Gasteiger partial charge is 0.359 e. The van der Waals surface area contributed by atoms with Gasteiger partial charge in [-0.15, -0.1) is 0 Å². The highest BCUT2D eigenvalue weighted by Crippen LogP contribution is 2.17. The summed E-state index contributed by atoms with van der Waals surface area (Å²) in [4.78, 5) is 22.2. The van der Waals surface area contributed by atoms with E-state index in [9.17, 15) is 4.79 Å². The second-order valence-electron chi connectivity index (χ2n) is 6.61. The van der Waals surface area contributed by atoms with E-state index in [1.165, 1.54) is 4.90 Å². The Labute approximate surface area is 156 Å². The minimum atomic E-state index is -0.277. The quantitative estimate of drug-likeness (QED) is 0.680. The van der Waals surface area contributed by atoms with Gasteiger partial charge in [0, 0.05) is 25.7 Å². The minimum Gasteiger partial charge on any atom is -0.359 e. The van der Waals surface area contributed by atoms with Crippen LogP contribution in [0.15, 0.2) is 39.5 Å². The van der Waals surface area contributed by atoms with Crippen molar-refractivity contribution in [3.63, 3.8) is 0 Å². The van der Waals surface area contributed by atoms with Gasteiger partial charge in [0.05, 0.1) is 18.8 Å². The van der Waals surface area contributed by atoms with Crippen LogP contribution in [0.5, 0.6) is 0 Å². The van der Waals surface area contributed by atoms with Gasteiger partial charge >= 0.3 is 6.03 Å². The Bertz CT molecular complexity index is 874. The molecule has 2 amide bonds. The number of amides is 2. The van der Waals surface area contributed by atoms with Gasteiger partial charge in [0.15, 0.2) is 11.6 Å². The first-order chi connectivity index (χ1) is 13.0. The average Bonchev–Trinajstić information content (AvgIpc) is 3.29. The normalized spacial score (nSPS) is 11.0. The van der Waals surface area contributed by atoms with Crippen LogP contribution in [-0.4, -0.2) is 38.3 Å². The molecular formula is C18H22N6O3. The SMILES string of the molecule is CC(C)Cc1nc(CNC(=O)N(C)Cc2cc(-c3ccccn3)no2)no1. The maximum absolute atomic E-state index is 12.2. The molecular weight excluding hydrogens is 348 g/mol. The lowest BCUT2D eigenvalue weighted by molar-refractivity contribution is 0.200. The molecule has 27 heavy (non-hydrogen) atoms. The van der Waals surface area contributed by atoms with Gasteiger partial charge in [-0.2, -0.15) is 4.98 Å². The smallest absolute Gasteiger partial charge is 0.317 e. The van der Waals surface area contributed by atoms with Crippen LogP contribution in [-0.2, 0) is 19.5 Å². The molecule has 142 valence electrons. The predicted molar refractivity (Wildman–Crippen MR) is 96.3 cm³/mol. The van der Waals surface area contributed by atoms with Gasteiger partial charge in [-0.3, -0.25) is 4.98 Å². The molecule has 3 aromatic heterocycles. The molecule has 3 heterocycles. The van der Waals surface area contributed by atoms with E-state index in [0.717, 1.165) is 0 Å². The van der Waals surface area contributed by atoms with Crippen molar-refractivity contribution in [1.82, 2.24) is 30.5 Å².